The standard InChI is InChI=1S/C11H21N3/c1-5-6-7-14-10(4)11(12-13-14)8-9(2)3/h9H,5-8H2,1-4H3. The third kappa shape index (κ3) is 2.82. The second-order valence-corrected chi connectivity index (χ2v) is 4.30. The van der Waals surface area contributed by atoms with Crippen LogP contribution in [0.1, 0.15) is 45.0 Å². The molecule has 0 radical (unpaired) electrons. The molecule has 0 aliphatic rings. The second kappa shape index (κ2) is 5.13. The molecule has 1 aromatic heterocycles. The quantitative estimate of drug-likeness (QED) is 0.723. The van der Waals surface area contributed by atoms with E-state index in [2.05, 4.69) is 38.0 Å². The Kier molecular flexibility index (Phi) is 4.11. The molecule has 0 fully saturated rings. The van der Waals surface area contributed by atoms with Crippen LogP contribution in [0.15, 0.2) is 0 Å². The molecule has 0 bridgehead atoms. The molecule has 1 rings (SSSR count). The fourth-order valence-electron chi connectivity index (χ4n) is 1.49. The van der Waals surface area contributed by atoms with E-state index in [9.17, 15) is 0 Å². The van der Waals surface area contributed by atoms with E-state index in [1.807, 2.05) is 4.68 Å². The highest BCUT2D eigenvalue weighted by atomic mass is 15.4. The van der Waals surface area contributed by atoms with Crippen molar-refractivity contribution in [3.8, 4) is 0 Å². The SMILES string of the molecule is CCCCn1nnc(CC(C)C)c1C. The Morgan fingerprint density at radius 1 is 1.36 bits per heavy atom. The Hall–Kier alpha value is -0.860. The van der Waals surface area contributed by atoms with Crippen molar-refractivity contribution in [1.82, 2.24) is 15.0 Å². The number of rotatable bonds is 5. The van der Waals surface area contributed by atoms with E-state index in [4.69, 9.17) is 0 Å². The molecule has 0 atom stereocenters. The van der Waals surface area contributed by atoms with Gasteiger partial charge < -0.3 is 0 Å². The van der Waals surface area contributed by atoms with Gasteiger partial charge in [-0.15, -0.1) is 5.10 Å². The van der Waals surface area contributed by atoms with Crippen LogP contribution >= 0.6 is 0 Å². The predicted molar refractivity (Wildman–Crippen MR) is 58.2 cm³/mol. The first-order chi connectivity index (χ1) is 6.65. The van der Waals surface area contributed by atoms with Crippen molar-refractivity contribution in [2.24, 2.45) is 5.92 Å². The Balaban J connectivity index is 2.65. The Morgan fingerprint density at radius 3 is 2.64 bits per heavy atom. The molecule has 80 valence electrons. The third-order valence-corrected chi connectivity index (χ3v) is 2.40. The molecule has 0 unspecified atom stereocenters. The van der Waals surface area contributed by atoms with Gasteiger partial charge in [0.1, 0.15) is 0 Å². The van der Waals surface area contributed by atoms with Gasteiger partial charge in [-0.25, -0.2) is 4.68 Å². The Labute approximate surface area is 86.5 Å². The first kappa shape index (κ1) is 11.2. The van der Waals surface area contributed by atoms with Gasteiger partial charge in [-0.05, 0) is 25.7 Å². The van der Waals surface area contributed by atoms with Crippen LogP contribution in [-0.2, 0) is 13.0 Å². The van der Waals surface area contributed by atoms with Crippen LogP contribution in [0.4, 0.5) is 0 Å². The van der Waals surface area contributed by atoms with Gasteiger partial charge in [-0.2, -0.15) is 0 Å². The van der Waals surface area contributed by atoms with Gasteiger partial charge >= 0.3 is 0 Å². The van der Waals surface area contributed by atoms with Crippen molar-refractivity contribution < 1.29 is 0 Å². The maximum absolute atomic E-state index is 4.22. The Morgan fingerprint density at radius 2 is 2.07 bits per heavy atom. The zero-order valence-corrected chi connectivity index (χ0v) is 9.75. The van der Waals surface area contributed by atoms with E-state index >= 15 is 0 Å². The molecular weight excluding hydrogens is 174 g/mol. The summed E-state index contributed by atoms with van der Waals surface area (Å²) >= 11 is 0. The smallest absolute Gasteiger partial charge is 0.0858 e. The summed E-state index contributed by atoms with van der Waals surface area (Å²) in [6, 6.07) is 0. The first-order valence-electron chi connectivity index (χ1n) is 5.54. The number of aryl methyl sites for hydroxylation is 1. The van der Waals surface area contributed by atoms with Gasteiger partial charge in [0, 0.05) is 6.54 Å². The average Bonchev–Trinajstić information content (AvgIpc) is 2.45. The molecule has 0 aliphatic carbocycles. The van der Waals surface area contributed by atoms with Crippen LogP contribution in [-0.4, -0.2) is 15.0 Å². The molecule has 0 spiro atoms. The summed E-state index contributed by atoms with van der Waals surface area (Å²) in [7, 11) is 0. The zero-order chi connectivity index (χ0) is 10.6. The number of unbranched alkanes of at least 4 members (excludes halogenated alkanes) is 1. The van der Waals surface area contributed by atoms with Crippen molar-refractivity contribution in [3.05, 3.63) is 11.4 Å². The lowest BCUT2D eigenvalue weighted by molar-refractivity contribution is 0.541. The normalized spacial score (nSPS) is 11.2. The van der Waals surface area contributed by atoms with Gasteiger partial charge in [-0.3, -0.25) is 0 Å². The third-order valence-electron chi connectivity index (χ3n) is 2.40. The summed E-state index contributed by atoms with van der Waals surface area (Å²) < 4.78 is 2.03. The van der Waals surface area contributed by atoms with Crippen LogP contribution in [0.3, 0.4) is 0 Å². The maximum atomic E-state index is 4.22. The zero-order valence-electron chi connectivity index (χ0n) is 9.75. The lowest BCUT2D eigenvalue weighted by Crippen LogP contribution is -2.03. The molecule has 3 nitrogen and oxygen atoms in total. The van der Waals surface area contributed by atoms with Crippen molar-refractivity contribution in [2.45, 2.75) is 53.5 Å². The molecule has 1 aromatic rings. The molecule has 14 heavy (non-hydrogen) atoms. The van der Waals surface area contributed by atoms with Crippen molar-refractivity contribution in [1.29, 1.82) is 0 Å². The number of aromatic nitrogens is 3. The van der Waals surface area contributed by atoms with Crippen LogP contribution < -0.4 is 0 Å². The van der Waals surface area contributed by atoms with Gasteiger partial charge in [0.05, 0.1) is 11.4 Å². The lowest BCUT2D eigenvalue weighted by atomic mass is 10.1. The Bertz CT molecular complexity index is 276. The fraction of sp³-hybridized carbons (Fsp3) is 0.818. The van der Waals surface area contributed by atoms with Crippen LogP contribution in [0.25, 0.3) is 0 Å². The van der Waals surface area contributed by atoms with E-state index in [0.29, 0.717) is 5.92 Å². The first-order valence-corrected chi connectivity index (χ1v) is 5.54. The molecule has 0 amide bonds. The minimum Gasteiger partial charge on any atom is -0.249 e. The number of nitrogens with zero attached hydrogens (tertiary/aromatic N) is 3. The monoisotopic (exact) mass is 195 g/mol. The van der Waals surface area contributed by atoms with Crippen molar-refractivity contribution >= 4 is 0 Å². The van der Waals surface area contributed by atoms with Crippen LogP contribution in [0, 0.1) is 12.8 Å². The van der Waals surface area contributed by atoms with E-state index < -0.39 is 0 Å². The summed E-state index contributed by atoms with van der Waals surface area (Å²) in [5.41, 5.74) is 2.41. The number of hydrogen-bond donors (Lipinski definition) is 0. The van der Waals surface area contributed by atoms with Crippen LogP contribution in [0.5, 0.6) is 0 Å². The molecule has 1 heterocycles. The lowest BCUT2D eigenvalue weighted by Gasteiger charge is -2.03. The number of hydrogen-bond acceptors (Lipinski definition) is 2. The largest absolute Gasteiger partial charge is 0.249 e. The fourth-order valence-corrected chi connectivity index (χ4v) is 1.49. The van der Waals surface area contributed by atoms with Gasteiger partial charge in [0.2, 0.25) is 0 Å². The van der Waals surface area contributed by atoms with Crippen LogP contribution in [0.2, 0.25) is 0 Å². The minimum absolute atomic E-state index is 0.657. The van der Waals surface area contributed by atoms with Crippen molar-refractivity contribution in [2.75, 3.05) is 0 Å². The topological polar surface area (TPSA) is 30.7 Å². The van der Waals surface area contributed by atoms with Gasteiger partial charge in [0.15, 0.2) is 0 Å². The average molecular weight is 195 g/mol. The van der Waals surface area contributed by atoms with E-state index in [0.717, 1.165) is 18.7 Å². The molecule has 0 saturated heterocycles. The molecule has 0 saturated carbocycles. The predicted octanol–water partition coefficient (Wildman–Crippen LogP) is 2.59. The van der Waals surface area contributed by atoms with Crippen molar-refractivity contribution in [3.63, 3.8) is 0 Å². The molecule has 0 aromatic carbocycles. The summed E-state index contributed by atoms with van der Waals surface area (Å²) in [6.45, 7) is 9.75. The highest BCUT2D eigenvalue weighted by Crippen LogP contribution is 2.10. The molecule has 0 aliphatic heterocycles. The second-order valence-electron chi connectivity index (χ2n) is 4.30. The highest BCUT2D eigenvalue weighted by molar-refractivity contribution is 5.08. The molecular formula is C11H21N3. The summed E-state index contributed by atoms with van der Waals surface area (Å²) in [4.78, 5) is 0. The van der Waals surface area contributed by atoms with Gasteiger partial charge in [-0.1, -0.05) is 32.4 Å². The summed E-state index contributed by atoms with van der Waals surface area (Å²) in [5.74, 6) is 0.657. The van der Waals surface area contributed by atoms with E-state index in [1.165, 1.54) is 18.5 Å². The molecule has 3 heteroatoms. The van der Waals surface area contributed by atoms with E-state index in [-0.39, 0.29) is 0 Å². The highest BCUT2D eigenvalue weighted by Gasteiger charge is 2.08. The van der Waals surface area contributed by atoms with Gasteiger partial charge in [0.25, 0.3) is 0 Å². The maximum Gasteiger partial charge on any atom is 0.0858 e. The minimum atomic E-state index is 0.657. The molecule has 0 N–H and O–H groups in total. The summed E-state index contributed by atoms with van der Waals surface area (Å²) in [5, 5.41) is 8.39. The summed E-state index contributed by atoms with van der Waals surface area (Å²) in [6.07, 6.45) is 3.43. The van der Waals surface area contributed by atoms with E-state index in [1.54, 1.807) is 0 Å².